The van der Waals surface area contributed by atoms with Crippen LogP contribution in [0.2, 0.25) is 0 Å². The van der Waals surface area contributed by atoms with Gasteiger partial charge in [-0.1, -0.05) is 0 Å². The molecule has 0 unspecified atom stereocenters. The molecule has 3 rings (SSSR count). The van der Waals surface area contributed by atoms with Gasteiger partial charge in [-0.3, -0.25) is 29.8 Å². The number of hydrogen-bond acceptors (Lipinski definition) is 6. The Labute approximate surface area is 171 Å². The van der Waals surface area contributed by atoms with Crippen LogP contribution in [0.4, 0.5) is 11.4 Å². The summed E-state index contributed by atoms with van der Waals surface area (Å²) in [5.41, 5.74) is 2.34. The van der Waals surface area contributed by atoms with Crippen LogP contribution >= 0.6 is 0 Å². The summed E-state index contributed by atoms with van der Waals surface area (Å²) in [6, 6.07) is 13.8. The Morgan fingerprint density at radius 1 is 0.633 bits per heavy atom. The zero-order valence-electron chi connectivity index (χ0n) is 16.1. The highest BCUT2D eigenvalue weighted by Gasteiger charge is 2.19. The molecule has 0 aliphatic heterocycles. The van der Waals surface area contributed by atoms with E-state index in [1.807, 2.05) is 0 Å². The molecule has 0 aromatic heterocycles. The maximum atomic E-state index is 12.9. The van der Waals surface area contributed by atoms with Crippen LogP contribution in [-0.4, -0.2) is 21.4 Å². The normalized spacial score (nSPS) is 10.5. The first-order valence-electron chi connectivity index (χ1n) is 8.88. The van der Waals surface area contributed by atoms with Crippen molar-refractivity contribution in [1.29, 1.82) is 0 Å². The molecule has 150 valence electrons. The molecule has 0 radical (unpaired) electrons. The van der Waals surface area contributed by atoms with Crippen molar-refractivity contribution in [3.63, 3.8) is 0 Å². The lowest BCUT2D eigenvalue weighted by molar-refractivity contribution is -0.385. The number of aryl methyl sites for hydroxylation is 2. The molecule has 0 saturated carbocycles. The van der Waals surface area contributed by atoms with E-state index in [0.717, 1.165) is 0 Å². The van der Waals surface area contributed by atoms with Crippen LogP contribution in [0, 0.1) is 34.1 Å². The van der Waals surface area contributed by atoms with E-state index in [-0.39, 0.29) is 22.9 Å². The van der Waals surface area contributed by atoms with E-state index in [9.17, 15) is 29.8 Å². The van der Waals surface area contributed by atoms with Crippen molar-refractivity contribution in [3.05, 3.63) is 114 Å². The standard InChI is InChI=1S/C22H16N2O6/c1-13-11-17(21(25)15-3-7-18(8-4-15)23(27)28)12-14(2)20(13)22(26)16-5-9-19(10-6-16)24(29)30/h3-12H,1-2H3. The van der Waals surface area contributed by atoms with E-state index in [1.165, 1.54) is 48.5 Å². The Balaban J connectivity index is 1.93. The first-order valence-corrected chi connectivity index (χ1v) is 8.88. The zero-order chi connectivity index (χ0) is 22.0. The molecule has 0 fully saturated rings. The van der Waals surface area contributed by atoms with Gasteiger partial charge in [-0.05, 0) is 61.4 Å². The summed E-state index contributed by atoms with van der Waals surface area (Å²) in [5, 5.41) is 21.6. The number of nitrogens with zero attached hydrogens (tertiary/aromatic N) is 2. The average molecular weight is 404 g/mol. The molecule has 0 saturated heterocycles. The number of nitro groups is 2. The summed E-state index contributed by atoms with van der Waals surface area (Å²) in [6.07, 6.45) is 0. The topological polar surface area (TPSA) is 120 Å². The molecule has 3 aromatic carbocycles. The zero-order valence-corrected chi connectivity index (χ0v) is 16.1. The highest BCUT2D eigenvalue weighted by molar-refractivity contribution is 6.13. The van der Waals surface area contributed by atoms with Crippen molar-refractivity contribution in [2.24, 2.45) is 0 Å². The number of non-ortho nitro benzene ring substituents is 2. The lowest BCUT2D eigenvalue weighted by Gasteiger charge is -2.12. The van der Waals surface area contributed by atoms with Crippen LogP contribution in [0.5, 0.6) is 0 Å². The predicted molar refractivity (Wildman–Crippen MR) is 109 cm³/mol. The number of rotatable bonds is 6. The van der Waals surface area contributed by atoms with Crippen LogP contribution in [0.15, 0.2) is 60.7 Å². The van der Waals surface area contributed by atoms with E-state index in [0.29, 0.717) is 33.4 Å². The molecular formula is C22H16N2O6. The summed E-state index contributed by atoms with van der Waals surface area (Å²) in [4.78, 5) is 46.1. The van der Waals surface area contributed by atoms with Crippen LogP contribution in [0.1, 0.15) is 43.0 Å². The molecule has 0 aliphatic rings. The third-order valence-electron chi connectivity index (χ3n) is 4.70. The van der Waals surface area contributed by atoms with Gasteiger partial charge in [-0.15, -0.1) is 0 Å². The van der Waals surface area contributed by atoms with E-state index < -0.39 is 9.85 Å². The van der Waals surface area contributed by atoms with Crippen molar-refractivity contribution < 1.29 is 19.4 Å². The second-order valence-electron chi connectivity index (χ2n) is 6.75. The Kier molecular flexibility index (Phi) is 5.50. The molecule has 0 aliphatic carbocycles. The number of carbonyl (C=O) groups excluding carboxylic acids is 2. The Bertz CT molecular complexity index is 1160. The summed E-state index contributed by atoms with van der Waals surface area (Å²) in [7, 11) is 0. The molecule has 0 spiro atoms. The molecule has 30 heavy (non-hydrogen) atoms. The minimum Gasteiger partial charge on any atom is -0.289 e. The Hall–Kier alpha value is -4.20. The maximum absolute atomic E-state index is 12.9. The lowest BCUT2D eigenvalue weighted by Crippen LogP contribution is -2.10. The number of nitro benzene ring substituents is 2. The van der Waals surface area contributed by atoms with Gasteiger partial charge in [0, 0.05) is 46.5 Å². The predicted octanol–water partition coefficient (Wildman–Crippen LogP) is 4.58. The Morgan fingerprint density at radius 2 is 1.00 bits per heavy atom. The maximum Gasteiger partial charge on any atom is 0.269 e. The van der Waals surface area contributed by atoms with Gasteiger partial charge < -0.3 is 0 Å². The average Bonchev–Trinajstić information content (AvgIpc) is 2.72. The van der Waals surface area contributed by atoms with E-state index in [2.05, 4.69) is 0 Å². The van der Waals surface area contributed by atoms with Crippen molar-refractivity contribution >= 4 is 22.9 Å². The van der Waals surface area contributed by atoms with Crippen LogP contribution < -0.4 is 0 Å². The summed E-state index contributed by atoms with van der Waals surface area (Å²) in [6.45, 7) is 3.41. The summed E-state index contributed by atoms with van der Waals surface area (Å²) >= 11 is 0. The second kappa shape index (κ2) is 8.04. The fourth-order valence-electron chi connectivity index (χ4n) is 3.23. The van der Waals surface area contributed by atoms with E-state index >= 15 is 0 Å². The van der Waals surface area contributed by atoms with E-state index in [1.54, 1.807) is 26.0 Å². The molecule has 0 heterocycles. The van der Waals surface area contributed by atoms with E-state index in [4.69, 9.17) is 0 Å². The number of hydrogen-bond donors (Lipinski definition) is 0. The van der Waals surface area contributed by atoms with Gasteiger partial charge in [0.15, 0.2) is 11.6 Å². The smallest absolute Gasteiger partial charge is 0.269 e. The summed E-state index contributed by atoms with van der Waals surface area (Å²) in [5.74, 6) is -0.611. The molecule has 8 heteroatoms. The van der Waals surface area contributed by atoms with Crippen LogP contribution in [0.3, 0.4) is 0 Å². The molecule has 8 nitrogen and oxygen atoms in total. The number of carbonyl (C=O) groups is 2. The molecule has 0 amide bonds. The molecule has 0 bridgehead atoms. The fraction of sp³-hybridized carbons (Fsp3) is 0.0909. The van der Waals surface area contributed by atoms with Gasteiger partial charge in [-0.25, -0.2) is 0 Å². The monoisotopic (exact) mass is 404 g/mol. The van der Waals surface area contributed by atoms with Gasteiger partial charge in [0.05, 0.1) is 9.85 Å². The third kappa shape index (κ3) is 3.97. The molecular weight excluding hydrogens is 388 g/mol. The highest BCUT2D eigenvalue weighted by atomic mass is 16.6. The third-order valence-corrected chi connectivity index (χ3v) is 4.70. The quantitative estimate of drug-likeness (QED) is 0.337. The minimum absolute atomic E-state index is 0.107. The second-order valence-corrected chi connectivity index (χ2v) is 6.75. The van der Waals surface area contributed by atoms with Crippen LogP contribution in [-0.2, 0) is 0 Å². The first-order chi connectivity index (χ1) is 14.2. The van der Waals surface area contributed by atoms with Crippen molar-refractivity contribution in [2.75, 3.05) is 0 Å². The van der Waals surface area contributed by atoms with Gasteiger partial charge in [0.25, 0.3) is 11.4 Å². The Morgan fingerprint density at radius 3 is 1.37 bits per heavy atom. The molecule has 0 N–H and O–H groups in total. The SMILES string of the molecule is Cc1cc(C(=O)c2ccc([N+](=O)[O-])cc2)cc(C)c1C(=O)c1ccc([N+](=O)[O-])cc1. The van der Waals surface area contributed by atoms with Gasteiger partial charge in [-0.2, -0.15) is 0 Å². The minimum atomic E-state index is -0.541. The van der Waals surface area contributed by atoms with Gasteiger partial charge >= 0.3 is 0 Å². The van der Waals surface area contributed by atoms with Crippen molar-refractivity contribution in [3.8, 4) is 0 Å². The summed E-state index contributed by atoms with van der Waals surface area (Å²) < 4.78 is 0. The molecule has 0 atom stereocenters. The fourth-order valence-corrected chi connectivity index (χ4v) is 3.23. The van der Waals surface area contributed by atoms with Gasteiger partial charge in [0.1, 0.15) is 0 Å². The largest absolute Gasteiger partial charge is 0.289 e. The van der Waals surface area contributed by atoms with Crippen LogP contribution in [0.25, 0.3) is 0 Å². The number of benzene rings is 3. The number of ketones is 2. The van der Waals surface area contributed by atoms with Crippen molar-refractivity contribution in [1.82, 2.24) is 0 Å². The molecule has 3 aromatic rings. The van der Waals surface area contributed by atoms with Gasteiger partial charge in [0.2, 0.25) is 0 Å². The first kappa shape index (κ1) is 20.5. The highest BCUT2D eigenvalue weighted by Crippen LogP contribution is 2.24. The van der Waals surface area contributed by atoms with Crippen molar-refractivity contribution in [2.45, 2.75) is 13.8 Å². The lowest BCUT2D eigenvalue weighted by atomic mass is 9.90.